The molecule has 0 heterocycles. The minimum absolute atomic E-state index is 0.582. The molecule has 2 atom stereocenters. The number of aryl methyl sites for hydroxylation is 1. The molecule has 0 aromatic heterocycles. The molecule has 0 aliphatic heterocycles. The molecular weight excluding hydrogens is 248 g/mol. The molecule has 0 saturated heterocycles. The Balaban J connectivity index is 2.70. The molecule has 1 aromatic rings. The van der Waals surface area contributed by atoms with Gasteiger partial charge >= 0.3 is 0 Å². The van der Waals surface area contributed by atoms with E-state index in [0.717, 1.165) is 5.92 Å². The second kappa shape index (κ2) is 5.69. The maximum Gasteiger partial charge on any atom is 0.0151 e. The largest absolute Gasteiger partial charge is 0.0890 e. The zero-order valence-corrected chi connectivity index (χ0v) is 11.7. The first-order chi connectivity index (χ1) is 7.00. The third-order valence-corrected chi connectivity index (χ3v) is 3.72. The molecule has 0 radical (unpaired) electrons. The molecule has 84 valence electrons. The lowest BCUT2D eigenvalue weighted by atomic mass is 9.87. The highest BCUT2D eigenvalue weighted by Crippen LogP contribution is 2.25. The van der Waals surface area contributed by atoms with Gasteiger partial charge in [0.1, 0.15) is 0 Å². The SMILES string of the molecule is Cc1ccc(CC(C(C)C)C(C)Br)cc1. The van der Waals surface area contributed by atoms with Crippen molar-refractivity contribution < 1.29 is 0 Å². The molecule has 0 aliphatic rings. The highest BCUT2D eigenvalue weighted by molar-refractivity contribution is 9.09. The summed E-state index contributed by atoms with van der Waals surface area (Å²) in [6, 6.07) is 8.90. The van der Waals surface area contributed by atoms with Gasteiger partial charge in [0.2, 0.25) is 0 Å². The number of hydrogen-bond acceptors (Lipinski definition) is 0. The van der Waals surface area contributed by atoms with Crippen molar-refractivity contribution in [2.45, 2.75) is 38.9 Å². The van der Waals surface area contributed by atoms with Crippen molar-refractivity contribution in [3.63, 3.8) is 0 Å². The standard InChI is InChI=1S/C14H21Br/c1-10(2)14(12(4)15)9-13-7-5-11(3)6-8-13/h5-8,10,12,14H,9H2,1-4H3. The van der Waals surface area contributed by atoms with Gasteiger partial charge in [-0.05, 0) is 30.7 Å². The molecule has 1 heteroatoms. The molecule has 0 amide bonds. The van der Waals surface area contributed by atoms with E-state index in [0.29, 0.717) is 10.7 Å². The summed E-state index contributed by atoms with van der Waals surface area (Å²) >= 11 is 3.71. The second-order valence-corrected chi connectivity index (χ2v) is 6.22. The lowest BCUT2D eigenvalue weighted by Crippen LogP contribution is -2.20. The molecule has 2 unspecified atom stereocenters. The predicted octanol–water partition coefficient (Wildman–Crippen LogP) is 4.59. The van der Waals surface area contributed by atoms with Crippen molar-refractivity contribution in [2.24, 2.45) is 11.8 Å². The Hall–Kier alpha value is -0.300. The van der Waals surface area contributed by atoms with Gasteiger partial charge in [-0.15, -0.1) is 0 Å². The van der Waals surface area contributed by atoms with E-state index in [1.54, 1.807) is 0 Å². The van der Waals surface area contributed by atoms with E-state index in [1.807, 2.05) is 0 Å². The van der Waals surface area contributed by atoms with Crippen molar-refractivity contribution in [1.29, 1.82) is 0 Å². The van der Waals surface area contributed by atoms with E-state index in [1.165, 1.54) is 17.5 Å². The molecule has 1 rings (SSSR count). The molecule has 0 bridgehead atoms. The third kappa shape index (κ3) is 3.98. The van der Waals surface area contributed by atoms with Crippen LogP contribution in [0, 0.1) is 18.8 Å². The summed E-state index contributed by atoms with van der Waals surface area (Å²) in [7, 11) is 0. The minimum Gasteiger partial charge on any atom is -0.0890 e. The first-order valence-corrected chi connectivity index (χ1v) is 6.62. The summed E-state index contributed by atoms with van der Waals surface area (Å²) in [5.74, 6) is 1.44. The molecule has 15 heavy (non-hydrogen) atoms. The molecule has 0 nitrogen and oxygen atoms in total. The van der Waals surface area contributed by atoms with Crippen molar-refractivity contribution in [3.8, 4) is 0 Å². The summed E-state index contributed by atoms with van der Waals surface area (Å²) in [5, 5.41) is 0. The summed E-state index contributed by atoms with van der Waals surface area (Å²) in [4.78, 5) is 0.582. The highest BCUT2D eigenvalue weighted by Gasteiger charge is 2.18. The number of halogens is 1. The first kappa shape index (κ1) is 12.8. The van der Waals surface area contributed by atoms with Gasteiger partial charge in [-0.3, -0.25) is 0 Å². The molecule has 0 aliphatic carbocycles. The number of alkyl halides is 1. The van der Waals surface area contributed by atoms with Gasteiger partial charge < -0.3 is 0 Å². The van der Waals surface area contributed by atoms with E-state index >= 15 is 0 Å². The normalized spacial score (nSPS) is 15.3. The van der Waals surface area contributed by atoms with Crippen molar-refractivity contribution >= 4 is 15.9 Å². The predicted molar refractivity (Wildman–Crippen MR) is 71.6 cm³/mol. The van der Waals surface area contributed by atoms with Crippen LogP contribution in [-0.2, 0) is 6.42 Å². The zero-order chi connectivity index (χ0) is 11.4. The fourth-order valence-corrected chi connectivity index (χ4v) is 2.72. The summed E-state index contributed by atoms with van der Waals surface area (Å²) in [6.07, 6.45) is 1.17. The monoisotopic (exact) mass is 268 g/mol. The first-order valence-electron chi connectivity index (χ1n) is 5.70. The van der Waals surface area contributed by atoms with Crippen molar-refractivity contribution in [1.82, 2.24) is 0 Å². The van der Waals surface area contributed by atoms with E-state index in [-0.39, 0.29) is 0 Å². The Bertz CT molecular complexity index is 277. The van der Waals surface area contributed by atoms with Gasteiger partial charge in [0.25, 0.3) is 0 Å². The van der Waals surface area contributed by atoms with Gasteiger partial charge in [0.05, 0.1) is 0 Å². The minimum atomic E-state index is 0.582. The van der Waals surface area contributed by atoms with Crippen molar-refractivity contribution in [2.75, 3.05) is 0 Å². The Morgan fingerprint density at radius 3 is 2.00 bits per heavy atom. The lowest BCUT2D eigenvalue weighted by molar-refractivity contribution is 0.384. The number of hydrogen-bond donors (Lipinski definition) is 0. The molecule has 0 spiro atoms. The Labute approximate surface area is 102 Å². The van der Waals surface area contributed by atoms with Crippen LogP contribution < -0.4 is 0 Å². The average Bonchev–Trinajstić information content (AvgIpc) is 2.15. The fraction of sp³-hybridized carbons (Fsp3) is 0.571. The van der Waals surface area contributed by atoms with Crippen LogP contribution in [-0.4, -0.2) is 4.83 Å². The lowest BCUT2D eigenvalue weighted by Gasteiger charge is -2.23. The third-order valence-electron chi connectivity index (χ3n) is 3.04. The van der Waals surface area contributed by atoms with Crippen LogP contribution in [0.15, 0.2) is 24.3 Å². The summed E-state index contributed by atoms with van der Waals surface area (Å²) in [5.41, 5.74) is 2.79. The van der Waals surface area contributed by atoms with Crippen LogP contribution in [0.1, 0.15) is 31.9 Å². The van der Waals surface area contributed by atoms with Crippen molar-refractivity contribution in [3.05, 3.63) is 35.4 Å². The van der Waals surface area contributed by atoms with Gasteiger partial charge in [0, 0.05) is 4.83 Å². The summed E-state index contributed by atoms with van der Waals surface area (Å²) in [6.45, 7) is 8.99. The van der Waals surface area contributed by atoms with Crippen LogP contribution in [0.25, 0.3) is 0 Å². The molecule has 0 saturated carbocycles. The van der Waals surface area contributed by atoms with Crippen LogP contribution in [0.3, 0.4) is 0 Å². The number of rotatable bonds is 4. The number of benzene rings is 1. The van der Waals surface area contributed by atoms with E-state index in [4.69, 9.17) is 0 Å². The molecular formula is C14H21Br. The van der Waals surface area contributed by atoms with Crippen LogP contribution in [0.4, 0.5) is 0 Å². The maximum atomic E-state index is 3.71. The Kier molecular flexibility index (Phi) is 4.85. The molecule has 1 aromatic carbocycles. The van der Waals surface area contributed by atoms with Gasteiger partial charge in [-0.25, -0.2) is 0 Å². The summed E-state index contributed by atoms with van der Waals surface area (Å²) < 4.78 is 0. The van der Waals surface area contributed by atoms with Gasteiger partial charge in [0.15, 0.2) is 0 Å². The maximum absolute atomic E-state index is 3.71. The Morgan fingerprint density at radius 1 is 1.07 bits per heavy atom. The smallest absolute Gasteiger partial charge is 0.0151 e. The average molecular weight is 269 g/mol. The van der Waals surface area contributed by atoms with E-state index in [9.17, 15) is 0 Å². The zero-order valence-electron chi connectivity index (χ0n) is 10.1. The quantitative estimate of drug-likeness (QED) is 0.701. The highest BCUT2D eigenvalue weighted by atomic mass is 79.9. The van der Waals surface area contributed by atoms with Crippen LogP contribution in [0.2, 0.25) is 0 Å². The fourth-order valence-electron chi connectivity index (χ4n) is 1.92. The second-order valence-electron chi connectivity index (χ2n) is 4.78. The topological polar surface area (TPSA) is 0 Å². The van der Waals surface area contributed by atoms with E-state index in [2.05, 4.69) is 67.9 Å². The van der Waals surface area contributed by atoms with Gasteiger partial charge in [-0.2, -0.15) is 0 Å². The Morgan fingerprint density at radius 2 is 1.60 bits per heavy atom. The molecule has 0 N–H and O–H groups in total. The van der Waals surface area contributed by atoms with Gasteiger partial charge in [-0.1, -0.05) is 66.5 Å². The van der Waals surface area contributed by atoms with Crippen LogP contribution in [0.5, 0.6) is 0 Å². The molecule has 0 fully saturated rings. The van der Waals surface area contributed by atoms with Crippen LogP contribution >= 0.6 is 15.9 Å². The van der Waals surface area contributed by atoms with E-state index < -0.39 is 0 Å².